The van der Waals surface area contributed by atoms with Gasteiger partial charge in [-0.1, -0.05) is 5.20 Å². The third-order valence-corrected chi connectivity index (χ3v) is 2.86. The Morgan fingerprint density at radius 3 is 2.44 bits per heavy atom. The molecule has 3 heteroatoms. The fourth-order valence-electron chi connectivity index (χ4n) is 1.18. The molecule has 50 valence electrons. The van der Waals surface area contributed by atoms with Gasteiger partial charge in [-0.15, -0.1) is 0 Å². The maximum absolute atomic E-state index is 10.4. The Kier molecular flexibility index (Phi) is 1.71. The van der Waals surface area contributed by atoms with Gasteiger partial charge in [-0.05, 0) is 19.3 Å². The molecule has 0 spiro atoms. The summed E-state index contributed by atoms with van der Waals surface area (Å²) in [6.07, 6.45) is 2.89. The maximum atomic E-state index is 10.4. The van der Waals surface area contributed by atoms with E-state index in [1.165, 1.54) is 5.20 Å². The Morgan fingerprint density at radius 1 is 1.56 bits per heavy atom. The molecule has 0 fully saturated rings. The van der Waals surface area contributed by atoms with Crippen molar-refractivity contribution in [3.8, 4) is 0 Å². The number of hydrogen-bond donors (Lipinski definition) is 1. The van der Waals surface area contributed by atoms with Gasteiger partial charge in [0.25, 0.3) is 0 Å². The van der Waals surface area contributed by atoms with Crippen LogP contribution >= 0.6 is 0 Å². The van der Waals surface area contributed by atoms with Crippen molar-refractivity contribution >= 4 is 16.2 Å². The lowest BCUT2D eigenvalue weighted by Crippen LogP contribution is -1.99. The lowest BCUT2D eigenvalue weighted by Gasteiger charge is -1.92. The van der Waals surface area contributed by atoms with Gasteiger partial charge in [0.15, 0.2) is 0 Å². The fourth-order valence-corrected chi connectivity index (χ4v) is 2.00. The first-order chi connectivity index (χ1) is 4.22. The number of rotatable bonds is 1. The van der Waals surface area contributed by atoms with E-state index in [0.717, 1.165) is 29.5 Å². The molecule has 0 aliphatic heterocycles. The normalized spacial score (nSPS) is 19.1. The zero-order valence-electron chi connectivity index (χ0n) is 5.48. The largest absolute Gasteiger partial charge is 0.478 e. The molecular formula is C6H10O2Si. The van der Waals surface area contributed by atoms with E-state index in [1.54, 1.807) is 0 Å². The van der Waals surface area contributed by atoms with Crippen molar-refractivity contribution in [3.63, 3.8) is 0 Å². The second kappa shape index (κ2) is 2.35. The predicted octanol–water partition coefficient (Wildman–Crippen LogP) is -0.126. The second-order valence-corrected chi connectivity index (χ2v) is 3.62. The number of allylic oxidation sites excluding steroid dienone is 1. The summed E-state index contributed by atoms with van der Waals surface area (Å²) in [6, 6.07) is 0. The van der Waals surface area contributed by atoms with Gasteiger partial charge in [0.05, 0.1) is 0 Å². The highest BCUT2D eigenvalue weighted by molar-refractivity contribution is 6.24. The first-order valence-electron chi connectivity index (χ1n) is 3.13. The molecule has 0 radical (unpaired) electrons. The van der Waals surface area contributed by atoms with E-state index in [9.17, 15) is 4.79 Å². The lowest BCUT2D eigenvalue weighted by molar-refractivity contribution is -0.132. The van der Waals surface area contributed by atoms with Gasteiger partial charge < -0.3 is 5.11 Å². The average Bonchev–Trinajstić information content (AvgIpc) is 2.13. The third kappa shape index (κ3) is 1.21. The molecule has 0 unspecified atom stereocenters. The van der Waals surface area contributed by atoms with E-state index >= 15 is 0 Å². The SMILES string of the molecule is O=C(O)C1=C([SiH3])CCC1. The summed E-state index contributed by atoms with van der Waals surface area (Å²) < 4.78 is 0. The molecule has 0 aromatic heterocycles. The van der Waals surface area contributed by atoms with Gasteiger partial charge in [-0.25, -0.2) is 4.79 Å². The summed E-state index contributed by atoms with van der Waals surface area (Å²) in [5, 5.41) is 9.74. The highest BCUT2D eigenvalue weighted by atomic mass is 28.1. The van der Waals surface area contributed by atoms with Crippen molar-refractivity contribution in [2.24, 2.45) is 0 Å². The molecule has 0 amide bonds. The Balaban J connectivity index is 2.78. The molecule has 1 rings (SSSR count). The minimum Gasteiger partial charge on any atom is -0.478 e. The Hall–Kier alpha value is -0.573. The van der Waals surface area contributed by atoms with Crippen molar-refractivity contribution in [2.45, 2.75) is 19.3 Å². The summed E-state index contributed by atoms with van der Waals surface area (Å²) in [4.78, 5) is 10.4. The number of carboxylic acid groups (broad SMARTS) is 1. The summed E-state index contributed by atoms with van der Waals surface area (Å²) >= 11 is 0. The molecule has 2 nitrogen and oxygen atoms in total. The Morgan fingerprint density at radius 2 is 2.22 bits per heavy atom. The van der Waals surface area contributed by atoms with Gasteiger partial charge in [0.2, 0.25) is 0 Å². The molecule has 0 atom stereocenters. The van der Waals surface area contributed by atoms with Crippen molar-refractivity contribution in [1.82, 2.24) is 0 Å². The maximum Gasteiger partial charge on any atom is 0.331 e. The molecule has 0 heterocycles. The minimum absolute atomic E-state index is 0.696. The van der Waals surface area contributed by atoms with Crippen LogP contribution in [0.15, 0.2) is 10.8 Å². The monoisotopic (exact) mass is 142 g/mol. The summed E-state index contributed by atoms with van der Waals surface area (Å²) in [5.74, 6) is -0.697. The van der Waals surface area contributed by atoms with Gasteiger partial charge in [0.1, 0.15) is 0 Å². The van der Waals surface area contributed by atoms with Crippen molar-refractivity contribution in [1.29, 1.82) is 0 Å². The number of hydrogen-bond acceptors (Lipinski definition) is 1. The number of carboxylic acids is 1. The molecule has 0 aromatic rings. The van der Waals surface area contributed by atoms with E-state index in [4.69, 9.17) is 5.11 Å². The van der Waals surface area contributed by atoms with Crippen LogP contribution in [0, 0.1) is 0 Å². The molecule has 1 aliphatic rings. The topological polar surface area (TPSA) is 37.3 Å². The fraction of sp³-hybridized carbons (Fsp3) is 0.500. The molecular weight excluding hydrogens is 132 g/mol. The molecule has 9 heavy (non-hydrogen) atoms. The van der Waals surface area contributed by atoms with Crippen LogP contribution in [-0.4, -0.2) is 21.3 Å². The number of aliphatic carboxylic acids is 1. The van der Waals surface area contributed by atoms with E-state index in [1.807, 2.05) is 0 Å². The molecule has 0 saturated heterocycles. The Labute approximate surface area is 57.0 Å². The number of carbonyl (C=O) groups is 1. The van der Waals surface area contributed by atoms with Crippen LogP contribution in [-0.2, 0) is 4.79 Å². The zero-order chi connectivity index (χ0) is 6.85. The second-order valence-electron chi connectivity index (χ2n) is 2.42. The Bertz CT molecular complexity index is 172. The molecule has 1 N–H and O–H groups in total. The van der Waals surface area contributed by atoms with Crippen molar-refractivity contribution < 1.29 is 9.90 Å². The van der Waals surface area contributed by atoms with Crippen LogP contribution in [0.1, 0.15) is 19.3 Å². The van der Waals surface area contributed by atoms with E-state index < -0.39 is 5.97 Å². The van der Waals surface area contributed by atoms with Gasteiger partial charge in [0, 0.05) is 15.8 Å². The van der Waals surface area contributed by atoms with Crippen LogP contribution in [0.3, 0.4) is 0 Å². The summed E-state index contributed by atoms with van der Waals surface area (Å²) in [7, 11) is 0.933. The van der Waals surface area contributed by atoms with Gasteiger partial charge >= 0.3 is 5.97 Å². The van der Waals surface area contributed by atoms with Crippen LogP contribution in [0.25, 0.3) is 0 Å². The van der Waals surface area contributed by atoms with E-state index in [0.29, 0.717) is 5.57 Å². The predicted molar refractivity (Wildman–Crippen MR) is 38.5 cm³/mol. The smallest absolute Gasteiger partial charge is 0.331 e. The highest BCUT2D eigenvalue weighted by Gasteiger charge is 2.15. The minimum atomic E-state index is -0.697. The molecule has 0 aromatic carbocycles. The first kappa shape index (κ1) is 6.55. The van der Waals surface area contributed by atoms with Gasteiger partial charge in [-0.2, -0.15) is 0 Å². The molecule has 1 aliphatic carbocycles. The quantitative estimate of drug-likeness (QED) is 0.518. The van der Waals surface area contributed by atoms with E-state index in [2.05, 4.69) is 0 Å². The van der Waals surface area contributed by atoms with Crippen LogP contribution in [0.5, 0.6) is 0 Å². The standard InChI is InChI=1S/C6H10O2Si/c7-6(8)4-2-1-3-5(4)9/h1-3H2,9H3,(H,7,8). The lowest BCUT2D eigenvalue weighted by atomic mass is 10.2. The molecule has 0 bridgehead atoms. The van der Waals surface area contributed by atoms with Crippen LogP contribution < -0.4 is 0 Å². The summed E-state index contributed by atoms with van der Waals surface area (Å²) in [6.45, 7) is 0. The first-order valence-corrected chi connectivity index (χ1v) is 4.13. The molecule has 0 saturated carbocycles. The zero-order valence-corrected chi connectivity index (χ0v) is 7.48. The third-order valence-electron chi connectivity index (χ3n) is 1.75. The van der Waals surface area contributed by atoms with Crippen molar-refractivity contribution in [3.05, 3.63) is 10.8 Å². The van der Waals surface area contributed by atoms with Gasteiger partial charge in [-0.3, -0.25) is 0 Å². The van der Waals surface area contributed by atoms with Crippen LogP contribution in [0.4, 0.5) is 0 Å². The van der Waals surface area contributed by atoms with E-state index in [-0.39, 0.29) is 0 Å². The van der Waals surface area contributed by atoms with Crippen LogP contribution in [0.2, 0.25) is 0 Å². The summed E-state index contributed by atoms with van der Waals surface area (Å²) in [5.41, 5.74) is 0.696. The highest BCUT2D eigenvalue weighted by Crippen LogP contribution is 2.22. The van der Waals surface area contributed by atoms with Crippen molar-refractivity contribution in [2.75, 3.05) is 0 Å². The average molecular weight is 142 g/mol.